The number of nitrogens with one attached hydrogen (secondary N) is 2. The van der Waals surface area contributed by atoms with Gasteiger partial charge in [0.1, 0.15) is 17.7 Å². The van der Waals surface area contributed by atoms with Crippen molar-refractivity contribution in [3.63, 3.8) is 0 Å². The maximum atomic E-state index is 8.83. The molecule has 0 amide bonds. The predicted octanol–water partition coefficient (Wildman–Crippen LogP) is 1.70. The SMILES string of the molecule is Cc1nc(C(C)NC2CCN(c3ccc(C#N)cn3)CC2)n[nH]1. The summed E-state index contributed by atoms with van der Waals surface area (Å²) in [6, 6.07) is 6.44. The molecule has 0 spiro atoms. The minimum Gasteiger partial charge on any atom is -0.357 e. The van der Waals surface area contributed by atoms with Crippen LogP contribution in [0.1, 0.15) is 43.0 Å². The van der Waals surface area contributed by atoms with Gasteiger partial charge in [0.05, 0.1) is 11.6 Å². The number of rotatable bonds is 4. The van der Waals surface area contributed by atoms with Gasteiger partial charge in [0.2, 0.25) is 0 Å². The Morgan fingerprint density at radius 1 is 1.39 bits per heavy atom. The molecule has 7 heteroatoms. The third-order valence-corrected chi connectivity index (χ3v) is 4.18. The maximum Gasteiger partial charge on any atom is 0.167 e. The van der Waals surface area contributed by atoms with Crippen LogP contribution in [0.25, 0.3) is 0 Å². The average molecular weight is 311 g/mol. The van der Waals surface area contributed by atoms with Crippen molar-refractivity contribution in [2.45, 2.75) is 38.8 Å². The van der Waals surface area contributed by atoms with E-state index in [9.17, 15) is 0 Å². The number of piperidine rings is 1. The topological polar surface area (TPSA) is 93.5 Å². The Balaban J connectivity index is 1.52. The summed E-state index contributed by atoms with van der Waals surface area (Å²) in [5, 5.41) is 19.5. The Kier molecular flexibility index (Phi) is 4.53. The zero-order valence-electron chi connectivity index (χ0n) is 13.5. The zero-order valence-corrected chi connectivity index (χ0v) is 13.5. The van der Waals surface area contributed by atoms with Gasteiger partial charge in [-0.1, -0.05) is 0 Å². The Bertz CT molecular complexity index is 677. The van der Waals surface area contributed by atoms with Crippen molar-refractivity contribution in [2.75, 3.05) is 18.0 Å². The summed E-state index contributed by atoms with van der Waals surface area (Å²) in [7, 11) is 0. The lowest BCUT2D eigenvalue weighted by Crippen LogP contribution is -2.43. The molecular weight excluding hydrogens is 290 g/mol. The lowest BCUT2D eigenvalue weighted by atomic mass is 10.0. The van der Waals surface area contributed by atoms with Crippen molar-refractivity contribution in [2.24, 2.45) is 0 Å². The number of hydrogen-bond donors (Lipinski definition) is 2. The highest BCUT2D eigenvalue weighted by Gasteiger charge is 2.22. The van der Waals surface area contributed by atoms with E-state index in [1.165, 1.54) is 0 Å². The summed E-state index contributed by atoms with van der Waals surface area (Å²) in [5.41, 5.74) is 0.598. The molecule has 1 aliphatic heterocycles. The number of H-pyrrole nitrogens is 1. The molecule has 1 unspecified atom stereocenters. The number of hydrogen-bond acceptors (Lipinski definition) is 6. The van der Waals surface area contributed by atoms with E-state index in [0.717, 1.165) is 43.4 Å². The quantitative estimate of drug-likeness (QED) is 0.892. The first-order valence-corrected chi connectivity index (χ1v) is 7.92. The van der Waals surface area contributed by atoms with E-state index in [4.69, 9.17) is 5.26 Å². The highest BCUT2D eigenvalue weighted by molar-refractivity contribution is 5.42. The molecule has 0 saturated carbocycles. The Morgan fingerprint density at radius 3 is 2.74 bits per heavy atom. The molecule has 120 valence electrons. The molecule has 1 fully saturated rings. The Morgan fingerprint density at radius 2 is 2.17 bits per heavy atom. The molecule has 1 aliphatic rings. The fourth-order valence-corrected chi connectivity index (χ4v) is 2.90. The summed E-state index contributed by atoms with van der Waals surface area (Å²) < 4.78 is 0. The lowest BCUT2D eigenvalue weighted by molar-refractivity contribution is 0.373. The van der Waals surface area contributed by atoms with Crippen LogP contribution in [0.3, 0.4) is 0 Å². The fraction of sp³-hybridized carbons (Fsp3) is 0.500. The third-order valence-electron chi connectivity index (χ3n) is 4.18. The van der Waals surface area contributed by atoms with E-state index in [-0.39, 0.29) is 6.04 Å². The molecule has 2 N–H and O–H groups in total. The minimum absolute atomic E-state index is 0.143. The molecular formula is C16H21N7. The second-order valence-electron chi connectivity index (χ2n) is 5.95. The van der Waals surface area contributed by atoms with Gasteiger partial charge >= 0.3 is 0 Å². The molecule has 0 bridgehead atoms. The fourth-order valence-electron chi connectivity index (χ4n) is 2.90. The maximum absolute atomic E-state index is 8.83. The van der Waals surface area contributed by atoms with E-state index in [2.05, 4.69) is 43.4 Å². The van der Waals surface area contributed by atoms with Crippen LogP contribution >= 0.6 is 0 Å². The van der Waals surface area contributed by atoms with Crippen molar-refractivity contribution < 1.29 is 0 Å². The molecule has 7 nitrogen and oxygen atoms in total. The van der Waals surface area contributed by atoms with Gasteiger partial charge in [0.15, 0.2) is 5.82 Å². The zero-order chi connectivity index (χ0) is 16.2. The van der Waals surface area contributed by atoms with E-state index in [0.29, 0.717) is 11.6 Å². The second kappa shape index (κ2) is 6.75. The Hall–Kier alpha value is -2.46. The van der Waals surface area contributed by atoms with Crippen molar-refractivity contribution in [3.8, 4) is 6.07 Å². The summed E-state index contributed by atoms with van der Waals surface area (Å²) in [5.74, 6) is 2.61. The smallest absolute Gasteiger partial charge is 0.167 e. The molecule has 1 atom stereocenters. The first-order valence-electron chi connectivity index (χ1n) is 7.92. The van der Waals surface area contributed by atoms with E-state index < -0.39 is 0 Å². The van der Waals surface area contributed by atoms with Crippen molar-refractivity contribution >= 4 is 5.82 Å². The minimum atomic E-state index is 0.143. The number of anilines is 1. The Labute approximate surface area is 135 Å². The number of pyridine rings is 1. The summed E-state index contributed by atoms with van der Waals surface area (Å²) in [6.45, 7) is 5.91. The van der Waals surface area contributed by atoms with Crippen LogP contribution in [0.2, 0.25) is 0 Å². The van der Waals surface area contributed by atoms with Crippen LogP contribution in [-0.4, -0.2) is 39.3 Å². The molecule has 0 aliphatic carbocycles. The second-order valence-corrected chi connectivity index (χ2v) is 5.95. The number of aryl methyl sites for hydroxylation is 1. The van der Waals surface area contributed by atoms with Crippen LogP contribution < -0.4 is 10.2 Å². The predicted molar refractivity (Wildman–Crippen MR) is 86.9 cm³/mol. The van der Waals surface area contributed by atoms with Gasteiger partial charge in [-0.15, -0.1) is 0 Å². The largest absolute Gasteiger partial charge is 0.357 e. The average Bonchev–Trinajstić information content (AvgIpc) is 3.02. The van der Waals surface area contributed by atoms with Gasteiger partial charge in [0.25, 0.3) is 0 Å². The van der Waals surface area contributed by atoms with E-state index >= 15 is 0 Å². The monoisotopic (exact) mass is 311 g/mol. The van der Waals surface area contributed by atoms with E-state index in [1.807, 2.05) is 19.1 Å². The first kappa shape index (κ1) is 15.4. The van der Waals surface area contributed by atoms with Crippen molar-refractivity contribution in [3.05, 3.63) is 35.5 Å². The van der Waals surface area contributed by atoms with Gasteiger partial charge < -0.3 is 10.2 Å². The molecule has 2 aromatic heterocycles. The molecule has 23 heavy (non-hydrogen) atoms. The summed E-state index contributed by atoms with van der Waals surface area (Å²) in [4.78, 5) is 11.0. The lowest BCUT2D eigenvalue weighted by Gasteiger charge is -2.34. The van der Waals surface area contributed by atoms with Gasteiger partial charge in [0, 0.05) is 25.3 Å². The van der Waals surface area contributed by atoms with Crippen LogP contribution in [-0.2, 0) is 0 Å². The number of nitriles is 1. The number of nitrogens with zero attached hydrogens (tertiary/aromatic N) is 5. The number of aromatic amines is 1. The highest BCUT2D eigenvalue weighted by atomic mass is 15.2. The van der Waals surface area contributed by atoms with Crippen LogP contribution in [0.15, 0.2) is 18.3 Å². The molecule has 1 saturated heterocycles. The molecule has 2 aromatic rings. The van der Waals surface area contributed by atoms with E-state index in [1.54, 1.807) is 6.20 Å². The van der Waals surface area contributed by atoms with Crippen LogP contribution in [0.4, 0.5) is 5.82 Å². The molecule has 0 radical (unpaired) electrons. The van der Waals surface area contributed by atoms with Gasteiger partial charge in [-0.3, -0.25) is 5.10 Å². The van der Waals surface area contributed by atoms with Crippen LogP contribution in [0.5, 0.6) is 0 Å². The molecule has 3 heterocycles. The van der Waals surface area contributed by atoms with Crippen molar-refractivity contribution in [1.29, 1.82) is 5.26 Å². The first-order chi connectivity index (χ1) is 11.2. The number of aromatic nitrogens is 4. The standard InChI is InChI=1S/C16H21N7/c1-11(16-20-12(2)21-22-16)19-14-5-7-23(8-6-14)15-4-3-13(9-17)10-18-15/h3-4,10-11,14,19H,5-8H2,1-2H3,(H,20,21,22). The van der Waals surface area contributed by atoms with Crippen molar-refractivity contribution in [1.82, 2.24) is 25.5 Å². The molecule has 0 aromatic carbocycles. The molecule has 3 rings (SSSR count). The normalized spacial score (nSPS) is 17.0. The van der Waals surface area contributed by atoms with Crippen LogP contribution in [0, 0.1) is 18.3 Å². The highest BCUT2D eigenvalue weighted by Crippen LogP contribution is 2.20. The third kappa shape index (κ3) is 3.66. The van der Waals surface area contributed by atoms with Gasteiger partial charge in [-0.05, 0) is 38.8 Å². The summed E-state index contributed by atoms with van der Waals surface area (Å²) in [6.07, 6.45) is 3.73. The summed E-state index contributed by atoms with van der Waals surface area (Å²) >= 11 is 0. The van der Waals surface area contributed by atoms with Gasteiger partial charge in [-0.2, -0.15) is 10.4 Å². The van der Waals surface area contributed by atoms with Gasteiger partial charge in [-0.25, -0.2) is 9.97 Å².